The molecule has 22 heavy (non-hydrogen) atoms. The molecule has 0 radical (unpaired) electrons. The predicted molar refractivity (Wildman–Crippen MR) is 93.2 cm³/mol. The number of rotatable bonds is 2. The third kappa shape index (κ3) is 2.10. The van der Waals surface area contributed by atoms with Crippen molar-refractivity contribution >= 4 is 21.9 Å². The minimum Gasteiger partial charge on any atom is -0.456 e. The number of benzene rings is 3. The van der Waals surface area contributed by atoms with E-state index in [2.05, 4.69) is 68.4 Å². The van der Waals surface area contributed by atoms with E-state index in [1.54, 1.807) is 0 Å². The summed E-state index contributed by atoms with van der Waals surface area (Å²) in [5.74, 6) is 0.562. The summed E-state index contributed by atoms with van der Waals surface area (Å²) in [4.78, 5) is 0. The summed E-state index contributed by atoms with van der Waals surface area (Å²) in [7, 11) is 0. The molecule has 0 unspecified atom stereocenters. The van der Waals surface area contributed by atoms with Gasteiger partial charge >= 0.3 is 0 Å². The van der Waals surface area contributed by atoms with Gasteiger partial charge in [-0.1, -0.05) is 62.4 Å². The number of hydrogen-bond acceptors (Lipinski definition) is 1. The Bertz CT molecular complexity index is 943. The van der Waals surface area contributed by atoms with Gasteiger partial charge in [0.2, 0.25) is 0 Å². The monoisotopic (exact) mass is 286 g/mol. The second kappa shape index (κ2) is 5.03. The summed E-state index contributed by atoms with van der Waals surface area (Å²) in [6.07, 6.45) is 0. The molecule has 0 bridgehead atoms. The Morgan fingerprint density at radius 3 is 2.14 bits per heavy atom. The topological polar surface area (TPSA) is 13.1 Å². The molecule has 0 aliphatic heterocycles. The molecule has 0 N–H and O–H groups in total. The molecule has 1 nitrogen and oxygen atoms in total. The quantitative estimate of drug-likeness (QED) is 0.417. The molecule has 1 aromatic heterocycles. The zero-order valence-electron chi connectivity index (χ0n) is 12.8. The average Bonchev–Trinajstić information content (AvgIpc) is 2.92. The maximum atomic E-state index is 5.98. The second-order valence-corrected chi connectivity index (χ2v) is 6.09. The third-order valence-electron chi connectivity index (χ3n) is 4.29. The van der Waals surface area contributed by atoms with Crippen molar-refractivity contribution in [2.24, 2.45) is 0 Å². The van der Waals surface area contributed by atoms with E-state index in [4.69, 9.17) is 4.42 Å². The Kier molecular flexibility index (Phi) is 3.00. The maximum Gasteiger partial charge on any atom is 0.136 e. The smallest absolute Gasteiger partial charge is 0.136 e. The van der Waals surface area contributed by atoms with Gasteiger partial charge in [-0.15, -0.1) is 0 Å². The highest BCUT2D eigenvalue weighted by atomic mass is 16.3. The molecular weight excluding hydrogens is 268 g/mol. The fraction of sp³-hybridized carbons (Fsp3) is 0.143. The summed E-state index contributed by atoms with van der Waals surface area (Å²) in [6, 6.07) is 23.5. The first kappa shape index (κ1) is 13.1. The van der Waals surface area contributed by atoms with Gasteiger partial charge in [-0.05, 0) is 40.8 Å². The van der Waals surface area contributed by atoms with Crippen LogP contribution in [0.4, 0.5) is 0 Å². The fourth-order valence-electron chi connectivity index (χ4n) is 2.97. The van der Waals surface area contributed by atoms with Crippen LogP contribution in [-0.2, 0) is 0 Å². The van der Waals surface area contributed by atoms with Crippen molar-refractivity contribution in [3.63, 3.8) is 0 Å². The zero-order valence-corrected chi connectivity index (χ0v) is 12.8. The Labute approximate surface area is 130 Å². The van der Waals surface area contributed by atoms with E-state index in [1.165, 1.54) is 27.5 Å². The molecule has 0 aliphatic rings. The summed E-state index contributed by atoms with van der Waals surface area (Å²) in [5, 5.41) is 2.36. The normalized spacial score (nSPS) is 11.6. The van der Waals surface area contributed by atoms with Crippen molar-refractivity contribution in [2.45, 2.75) is 19.8 Å². The predicted octanol–water partition coefficient (Wildman–Crippen LogP) is 6.38. The number of furan rings is 1. The van der Waals surface area contributed by atoms with Crippen molar-refractivity contribution in [3.8, 4) is 11.1 Å². The molecule has 1 heterocycles. The molecule has 0 amide bonds. The molecule has 3 aromatic carbocycles. The van der Waals surface area contributed by atoms with Crippen LogP contribution >= 0.6 is 0 Å². The van der Waals surface area contributed by atoms with E-state index in [0.717, 1.165) is 11.2 Å². The van der Waals surface area contributed by atoms with Crippen LogP contribution in [0.1, 0.15) is 25.3 Å². The summed E-state index contributed by atoms with van der Waals surface area (Å²) < 4.78 is 5.98. The Hall–Kier alpha value is -2.54. The second-order valence-electron chi connectivity index (χ2n) is 6.09. The average molecular weight is 286 g/mol. The van der Waals surface area contributed by atoms with Crippen LogP contribution in [0.25, 0.3) is 33.1 Å². The molecule has 0 aliphatic carbocycles. The first-order chi connectivity index (χ1) is 10.7. The standard InChI is InChI=1S/C21H18O/c1-14(2)15-7-9-16(10-8-15)17-11-12-19-18-5-3-4-6-20(18)22-21(19)13-17/h3-14H,1-2H3. The van der Waals surface area contributed by atoms with Gasteiger partial charge in [-0.25, -0.2) is 0 Å². The Morgan fingerprint density at radius 1 is 0.682 bits per heavy atom. The minimum absolute atomic E-state index is 0.562. The molecular formula is C21H18O. The SMILES string of the molecule is CC(C)c1ccc(-c2ccc3c(c2)oc2ccccc23)cc1. The lowest BCUT2D eigenvalue weighted by atomic mass is 9.98. The maximum absolute atomic E-state index is 5.98. The van der Waals surface area contributed by atoms with E-state index in [0.29, 0.717) is 5.92 Å². The van der Waals surface area contributed by atoms with Gasteiger partial charge in [0.05, 0.1) is 0 Å². The third-order valence-corrected chi connectivity index (χ3v) is 4.29. The lowest BCUT2D eigenvalue weighted by Crippen LogP contribution is -1.86. The van der Waals surface area contributed by atoms with Crippen LogP contribution < -0.4 is 0 Å². The van der Waals surface area contributed by atoms with Crippen LogP contribution in [0.5, 0.6) is 0 Å². The highest BCUT2D eigenvalue weighted by Gasteiger charge is 2.08. The molecule has 4 rings (SSSR count). The van der Waals surface area contributed by atoms with Gasteiger partial charge in [0.1, 0.15) is 11.2 Å². The molecule has 0 saturated heterocycles. The number of fused-ring (bicyclic) bond motifs is 3. The molecule has 108 valence electrons. The van der Waals surface area contributed by atoms with Gasteiger partial charge in [0, 0.05) is 10.8 Å². The van der Waals surface area contributed by atoms with E-state index in [-0.39, 0.29) is 0 Å². The summed E-state index contributed by atoms with van der Waals surface area (Å²) >= 11 is 0. The van der Waals surface area contributed by atoms with Crippen molar-refractivity contribution in [1.82, 2.24) is 0 Å². The first-order valence-electron chi connectivity index (χ1n) is 7.74. The van der Waals surface area contributed by atoms with Crippen LogP contribution in [-0.4, -0.2) is 0 Å². The van der Waals surface area contributed by atoms with Gasteiger partial charge in [0.15, 0.2) is 0 Å². The highest BCUT2D eigenvalue weighted by molar-refractivity contribution is 6.05. The largest absolute Gasteiger partial charge is 0.456 e. The molecule has 0 atom stereocenters. The Morgan fingerprint density at radius 2 is 1.36 bits per heavy atom. The van der Waals surface area contributed by atoms with Crippen LogP contribution in [0.2, 0.25) is 0 Å². The summed E-state index contributed by atoms with van der Waals surface area (Å²) in [6.45, 7) is 4.44. The lowest BCUT2D eigenvalue weighted by molar-refractivity contribution is 0.669. The van der Waals surface area contributed by atoms with E-state index >= 15 is 0 Å². The number of hydrogen-bond donors (Lipinski definition) is 0. The molecule has 0 saturated carbocycles. The van der Waals surface area contributed by atoms with Gasteiger partial charge in [-0.2, -0.15) is 0 Å². The van der Waals surface area contributed by atoms with Crippen molar-refractivity contribution in [3.05, 3.63) is 72.3 Å². The molecule has 0 fully saturated rings. The van der Waals surface area contributed by atoms with Crippen molar-refractivity contribution < 1.29 is 4.42 Å². The lowest BCUT2D eigenvalue weighted by Gasteiger charge is -2.07. The van der Waals surface area contributed by atoms with Gasteiger partial charge in [0.25, 0.3) is 0 Å². The fourth-order valence-corrected chi connectivity index (χ4v) is 2.97. The van der Waals surface area contributed by atoms with Gasteiger partial charge in [-0.3, -0.25) is 0 Å². The van der Waals surface area contributed by atoms with Crippen LogP contribution in [0.15, 0.2) is 71.1 Å². The van der Waals surface area contributed by atoms with Gasteiger partial charge < -0.3 is 4.42 Å². The first-order valence-corrected chi connectivity index (χ1v) is 7.74. The minimum atomic E-state index is 0.562. The zero-order chi connectivity index (χ0) is 15.1. The van der Waals surface area contributed by atoms with Crippen LogP contribution in [0, 0.1) is 0 Å². The van der Waals surface area contributed by atoms with E-state index in [1.807, 2.05) is 12.1 Å². The van der Waals surface area contributed by atoms with Crippen LogP contribution in [0.3, 0.4) is 0 Å². The molecule has 0 spiro atoms. The van der Waals surface area contributed by atoms with E-state index < -0.39 is 0 Å². The van der Waals surface area contributed by atoms with E-state index in [9.17, 15) is 0 Å². The summed E-state index contributed by atoms with van der Waals surface area (Å²) in [5.41, 5.74) is 5.69. The Balaban J connectivity index is 1.83. The molecule has 1 heteroatoms. The van der Waals surface area contributed by atoms with Crippen molar-refractivity contribution in [1.29, 1.82) is 0 Å². The highest BCUT2D eigenvalue weighted by Crippen LogP contribution is 2.32. The van der Waals surface area contributed by atoms with Crippen molar-refractivity contribution in [2.75, 3.05) is 0 Å². The number of para-hydroxylation sites is 1. The molecule has 4 aromatic rings.